The summed E-state index contributed by atoms with van der Waals surface area (Å²) in [7, 11) is 0. The number of carbonyl (C=O) groups is 1. The lowest BCUT2D eigenvalue weighted by Crippen LogP contribution is -2.29. The summed E-state index contributed by atoms with van der Waals surface area (Å²) in [6, 6.07) is 16.9. The maximum atomic E-state index is 13.2. The number of fused-ring (bicyclic) bond motifs is 1. The summed E-state index contributed by atoms with van der Waals surface area (Å²) in [5, 5.41) is 5.86. The van der Waals surface area contributed by atoms with Gasteiger partial charge in [0.1, 0.15) is 11.3 Å². The largest absolute Gasteiger partial charge is 0.489 e. The van der Waals surface area contributed by atoms with E-state index in [1.807, 2.05) is 57.2 Å². The monoisotopic (exact) mass is 416 g/mol. The Balaban J connectivity index is 1.78. The fourth-order valence-corrected chi connectivity index (χ4v) is 3.61. The number of H-pyrrole nitrogens is 1. The van der Waals surface area contributed by atoms with Gasteiger partial charge in [0.25, 0.3) is 11.5 Å². The molecule has 2 heterocycles. The van der Waals surface area contributed by atoms with Crippen LogP contribution in [-0.2, 0) is 0 Å². The summed E-state index contributed by atoms with van der Waals surface area (Å²) in [5.74, 6) is 0.0115. The summed E-state index contributed by atoms with van der Waals surface area (Å²) in [4.78, 5) is 30.9. The van der Waals surface area contributed by atoms with Crippen molar-refractivity contribution in [1.29, 1.82) is 0 Å². The lowest BCUT2D eigenvalue weighted by molar-refractivity contribution is 0.102. The smallest absolute Gasteiger partial charge is 0.285 e. The molecule has 0 saturated carbocycles. The van der Waals surface area contributed by atoms with E-state index in [9.17, 15) is 9.59 Å². The van der Waals surface area contributed by atoms with Gasteiger partial charge >= 0.3 is 0 Å². The van der Waals surface area contributed by atoms with E-state index in [2.05, 4.69) is 15.4 Å². The molecule has 1 amide bonds. The molecule has 4 rings (SSSR count). The summed E-state index contributed by atoms with van der Waals surface area (Å²) < 4.78 is 7.09. The van der Waals surface area contributed by atoms with Crippen LogP contribution >= 0.6 is 0 Å². The second-order valence-electron chi connectivity index (χ2n) is 7.63. The molecular weight excluding hydrogens is 392 g/mol. The van der Waals surface area contributed by atoms with Crippen molar-refractivity contribution in [3.05, 3.63) is 81.9 Å². The van der Waals surface area contributed by atoms with Crippen LogP contribution in [0.5, 0.6) is 5.75 Å². The predicted octanol–water partition coefficient (Wildman–Crippen LogP) is 4.35. The van der Waals surface area contributed by atoms with E-state index in [0.717, 1.165) is 16.8 Å². The Morgan fingerprint density at radius 2 is 1.74 bits per heavy atom. The van der Waals surface area contributed by atoms with Crippen molar-refractivity contribution < 1.29 is 9.53 Å². The average molecular weight is 416 g/mol. The second-order valence-corrected chi connectivity index (χ2v) is 7.63. The van der Waals surface area contributed by atoms with Crippen molar-refractivity contribution in [2.24, 2.45) is 0 Å². The molecule has 7 heteroatoms. The molecule has 0 unspecified atom stereocenters. The lowest BCUT2D eigenvalue weighted by Gasteiger charge is -2.15. The molecule has 4 aromatic rings. The predicted molar refractivity (Wildman–Crippen MR) is 121 cm³/mol. The minimum absolute atomic E-state index is 0.0160. The number of ether oxygens (including phenoxy) is 1. The van der Waals surface area contributed by atoms with Gasteiger partial charge in [-0.2, -0.15) is 0 Å². The molecule has 0 spiro atoms. The second kappa shape index (κ2) is 8.10. The molecular formula is C24H24N4O3. The first-order valence-electron chi connectivity index (χ1n) is 10.1. The Kier molecular flexibility index (Phi) is 5.33. The van der Waals surface area contributed by atoms with Gasteiger partial charge in [0.2, 0.25) is 0 Å². The SMILES string of the molecule is Cc1nc2c(-c3ccccc3)c(C)[nH]n2c(=O)c1C(=O)Nc1ccccc1OC(C)C. The van der Waals surface area contributed by atoms with E-state index in [-0.39, 0.29) is 11.7 Å². The maximum absolute atomic E-state index is 13.2. The van der Waals surface area contributed by atoms with Gasteiger partial charge in [-0.15, -0.1) is 0 Å². The number of nitrogens with zero attached hydrogens (tertiary/aromatic N) is 2. The number of aromatic nitrogens is 3. The molecule has 0 saturated heterocycles. The molecule has 0 aliphatic rings. The zero-order valence-corrected chi connectivity index (χ0v) is 17.9. The van der Waals surface area contributed by atoms with Crippen molar-refractivity contribution in [2.75, 3.05) is 5.32 Å². The molecule has 0 bridgehead atoms. The highest BCUT2D eigenvalue weighted by Gasteiger charge is 2.22. The van der Waals surface area contributed by atoms with E-state index >= 15 is 0 Å². The Bertz CT molecular complexity index is 1320. The molecule has 7 nitrogen and oxygen atoms in total. The standard InChI is InChI=1S/C24H24N4O3/c1-14(2)31-19-13-9-8-12-18(19)26-23(29)21-15(3)25-22-20(17-10-6-5-7-11-17)16(4)27-28(22)24(21)30/h5-14,27H,1-4H3,(H,26,29). The number of carbonyl (C=O) groups excluding carboxylic acids is 1. The van der Waals surface area contributed by atoms with Crippen LogP contribution in [-0.4, -0.2) is 26.6 Å². The summed E-state index contributed by atoms with van der Waals surface area (Å²) in [6.45, 7) is 7.37. The molecule has 0 aliphatic heterocycles. The fourth-order valence-electron chi connectivity index (χ4n) is 3.61. The van der Waals surface area contributed by atoms with Crippen LogP contribution in [0.4, 0.5) is 5.69 Å². The van der Waals surface area contributed by atoms with Crippen molar-refractivity contribution in [1.82, 2.24) is 14.6 Å². The van der Waals surface area contributed by atoms with E-state index in [1.165, 1.54) is 4.52 Å². The number of amides is 1. The van der Waals surface area contributed by atoms with Crippen LogP contribution in [0.2, 0.25) is 0 Å². The highest BCUT2D eigenvalue weighted by Crippen LogP contribution is 2.28. The third-order valence-electron chi connectivity index (χ3n) is 4.93. The van der Waals surface area contributed by atoms with E-state index in [0.29, 0.717) is 22.8 Å². The third kappa shape index (κ3) is 3.82. The fraction of sp³-hybridized carbons (Fsp3) is 0.208. The number of anilines is 1. The molecule has 2 N–H and O–H groups in total. The number of aryl methyl sites for hydroxylation is 2. The number of hydrogen-bond acceptors (Lipinski definition) is 4. The molecule has 2 aromatic heterocycles. The highest BCUT2D eigenvalue weighted by atomic mass is 16.5. The third-order valence-corrected chi connectivity index (χ3v) is 4.93. The quantitative estimate of drug-likeness (QED) is 0.506. The highest BCUT2D eigenvalue weighted by molar-refractivity contribution is 6.05. The van der Waals surface area contributed by atoms with E-state index < -0.39 is 11.5 Å². The van der Waals surface area contributed by atoms with E-state index in [1.54, 1.807) is 25.1 Å². The maximum Gasteiger partial charge on any atom is 0.285 e. The Hall–Kier alpha value is -3.87. The molecule has 0 aliphatic carbocycles. The number of hydrogen-bond donors (Lipinski definition) is 2. The molecule has 158 valence electrons. The summed E-state index contributed by atoms with van der Waals surface area (Å²) in [5.41, 5.74) is 3.46. The Morgan fingerprint density at radius 3 is 2.45 bits per heavy atom. The van der Waals surface area contributed by atoms with E-state index in [4.69, 9.17) is 4.74 Å². The molecule has 0 atom stereocenters. The zero-order chi connectivity index (χ0) is 22.1. The topological polar surface area (TPSA) is 88.5 Å². The molecule has 31 heavy (non-hydrogen) atoms. The van der Waals surface area contributed by atoms with Crippen molar-refractivity contribution in [3.63, 3.8) is 0 Å². The van der Waals surface area contributed by atoms with Crippen LogP contribution in [0.3, 0.4) is 0 Å². The number of nitrogens with one attached hydrogen (secondary N) is 2. The van der Waals surface area contributed by atoms with Gasteiger partial charge in [0, 0.05) is 11.3 Å². The Morgan fingerprint density at radius 1 is 1.06 bits per heavy atom. The van der Waals surface area contributed by atoms with Gasteiger partial charge in [-0.05, 0) is 45.4 Å². The van der Waals surface area contributed by atoms with Gasteiger partial charge in [-0.1, -0.05) is 42.5 Å². The first-order chi connectivity index (χ1) is 14.9. The summed E-state index contributed by atoms with van der Waals surface area (Å²) >= 11 is 0. The van der Waals surface area contributed by atoms with Gasteiger partial charge < -0.3 is 10.1 Å². The van der Waals surface area contributed by atoms with Gasteiger partial charge in [-0.25, -0.2) is 9.50 Å². The average Bonchev–Trinajstić information content (AvgIpc) is 3.06. The molecule has 2 aromatic carbocycles. The number of aromatic amines is 1. The summed E-state index contributed by atoms with van der Waals surface area (Å²) in [6.07, 6.45) is -0.0540. The van der Waals surface area contributed by atoms with Crippen LogP contribution in [0.1, 0.15) is 35.6 Å². The van der Waals surface area contributed by atoms with Crippen molar-refractivity contribution in [3.8, 4) is 16.9 Å². The lowest BCUT2D eigenvalue weighted by atomic mass is 10.1. The van der Waals surface area contributed by atoms with Gasteiger partial charge in [-0.3, -0.25) is 14.7 Å². The van der Waals surface area contributed by atoms with Crippen molar-refractivity contribution in [2.45, 2.75) is 33.8 Å². The number of rotatable bonds is 5. The van der Waals surface area contributed by atoms with Gasteiger partial charge in [0.15, 0.2) is 5.65 Å². The zero-order valence-electron chi connectivity index (χ0n) is 17.9. The minimum atomic E-state index is -0.530. The first-order valence-corrected chi connectivity index (χ1v) is 10.1. The van der Waals surface area contributed by atoms with Crippen LogP contribution < -0.4 is 15.6 Å². The normalized spacial score (nSPS) is 11.1. The Labute approximate surface area is 179 Å². The van der Waals surface area contributed by atoms with Gasteiger partial charge in [0.05, 0.1) is 17.5 Å². The molecule has 0 fully saturated rings. The first kappa shape index (κ1) is 20.4. The number of benzene rings is 2. The number of para-hydroxylation sites is 2. The van der Waals surface area contributed by atoms with Crippen molar-refractivity contribution >= 4 is 17.2 Å². The van der Waals surface area contributed by atoms with Crippen LogP contribution in [0, 0.1) is 13.8 Å². The minimum Gasteiger partial charge on any atom is -0.489 e. The molecule has 0 radical (unpaired) electrons. The van der Waals surface area contributed by atoms with Crippen LogP contribution in [0.15, 0.2) is 59.4 Å². The van der Waals surface area contributed by atoms with Crippen LogP contribution in [0.25, 0.3) is 16.8 Å².